The first-order chi connectivity index (χ1) is 8.11. The van der Waals surface area contributed by atoms with Gasteiger partial charge >= 0.3 is 0 Å². The SMILES string of the molecule is COc1ccc(NC(=O)/C=N/O[N+](=O)[O-])cc1. The van der Waals surface area contributed by atoms with Gasteiger partial charge in [0, 0.05) is 5.69 Å². The molecule has 0 saturated carbocycles. The fraction of sp³-hybridized carbons (Fsp3) is 0.111. The lowest BCUT2D eigenvalue weighted by Crippen LogP contribution is -2.13. The van der Waals surface area contributed by atoms with E-state index in [1.54, 1.807) is 24.3 Å². The van der Waals surface area contributed by atoms with Crippen molar-refractivity contribution in [3.05, 3.63) is 34.4 Å². The number of ether oxygens (including phenoxy) is 1. The van der Waals surface area contributed by atoms with Crippen LogP contribution >= 0.6 is 0 Å². The zero-order valence-corrected chi connectivity index (χ0v) is 8.82. The molecule has 1 rings (SSSR count). The Labute approximate surface area is 95.9 Å². The van der Waals surface area contributed by atoms with Crippen LogP contribution in [0.2, 0.25) is 0 Å². The van der Waals surface area contributed by atoms with E-state index < -0.39 is 11.0 Å². The molecule has 0 aliphatic heterocycles. The third kappa shape index (κ3) is 4.60. The Bertz CT molecular complexity index is 429. The van der Waals surface area contributed by atoms with Gasteiger partial charge in [-0.3, -0.25) is 4.79 Å². The van der Waals surface area contributed by atoms with E-state index in [4.69, 9.17) is 4.74 Å². The van der Waals surface area contributed by atoms with Crippen molar-refractivity contribution in [1.82, 2.24) is 0 Å². The quantitative estimate of drug-likeness (QED) is 0.465. The fourth-order valence-corrected chi connectivity index (χ4v) is 0.959. The number of methoxy groups -OCH3 is 1. The maximum Gasteiger partial charge on any atom is 0.295 e. The Hall–Kier alpha value is -2.64. The Balaban J connectivity index is 2.50. The maximum atomic E-state index is 11.2. The van der Waals surface area contributed by atoms with Gasteiger partial charge in [-0.15, -0.1) is 0 Å². The normalized spacial score (nSPS) is 9.94. The molecular weight excluding hydrogens is 230 g/mol. The van der Waals surface area contributed by atoms with Crippen molar-refractivity contribution in [2.24, 2.45) is 5.16 Å². The molecule has 0 aromatic heterocycles. The van der Waals surface area contributed by atoms with Gasteiger partial charge in [0.1, 0.15) is 5.75 Å². The molecule has 1 aromatic rings. The molecule has 90 valence electrons. The van der Waals surface area contributed by atoms with Crippen molar-refractivity contribution in [1.29, 1.82) is 0 Å². The zero-order chi connectivity index (χ0) is 12.7. The minimum atomic E-state index is -1.13. The van der Waals surface area contributed by atoms with Crippen LogP contribution < -0.4 is 10.1 Å². The molecule has 0 unspecified atom stereocenters. The highest BCUT2D eigenvalue weighted by molar-refractivity contribution is 6.31. The Morgan fingerprint density at radius 3 is 2.65 bits per heavy atom. The molecule has 0 heterocycles. The number of carbonyl (C=O) groups excluding carboxylic acids is 1. The molecule has 8 nitrogen and oxygen atoms in total. The number of anilines is 1. The first-order valence-electron chi connectivity index (χ1n) is 4.42. The average Bonchev–Trinajstić information content (AvgIpc) is 2.29. The Morgan fingerprint density at radius 1 is 1.47 bits per heavy atom. The highest BCUT2D eigenvalue weighted by Crippen LogP contribution is 2.14. The standard InChI is InChI=1S/C9H9N3O5/c1-16-8-4-2-7(3-5-8)11-9(13)6-10-17-12(14)15/h2-6H,1H3,(H,11,13)/b10-6+. The van der Waals surface area contributed by atoms with E-state index in [2.05, 4.69) is 15.4 Å². The van der Waals surface area contributed by atoms with Crippen LogP contribution in [0.4, 0.5) is 5.69 Å². The van der Waals surface area contributed by atoms with Crippen molar-refractivity contribution >= 4 is 17.8 Å². The van der Waals surface area contributed by atoms with Gasteiger partial charge in [-0.05, 0) is 24.3 Å². The summed E-state index contributed by atoms with van der Waals surface area (Å²) in [6, 6.07) is 6.53. The number of amides is 1. The number of benzene rings is 1. The van der Waals surface area contributed by atoms with Gasteiger partial charge in [0.25, 0.3) is 5.91 Å². The second-order valence-electron chi connectivity index (χ2n) is 2.76. The topological polar surface area (TPSA) is 103 Å². The lowest BCUT2D eigenvalue weighted by molar-refractivity contribution is -0.759. The predicted molar refractivity (Wildman–Crippen MR) is 58.2 cm³/mol. The lowest BCUT2D eigenvalue weighted by Gasteiger charge is -2.02. The monoisotopic (exact) mass is 239 g/mol. The molecule has 0 bridgehead atoms. The van der Waals surface area contributed by atoms with E-state index in [9.17, 15) is 14.9 Å². The van der Waals surface area contributed by atoms with Gasteiger partial charge in [0.05, 0.1) is 12.3 Å². The van der Waals surface area contributed by atoms with Crippen molar-refractivity contribution in [3.63, 3.8) is 0 Å². The van der Waals surface area contributed by atoms with Crippen LogP contribution in [-0.2, 0) is 9.73 Å². The molecule has 0 aliphatic rings. The minimum absolute atomic E-state index is 0.503. The van der Waals surface area contributed by atoms with Crippen LogP contribution in [-0.4, -0.2) is 24.3 Å². The summed E-state index contributed by atoms with van der Waals surface area (Å²) in [6.45, 7) is 0. The van der Waals surface area contributed by atoms with E-state index in [-0.39, 0.29) is 0 Å². The molecular formula is C9H9N3O5. The number of carbonyl (C=O) groups is 1. The zero-order valence-electron chi connectivity index (χ0n) is 8.82. The summed E-state index contributed by atoms with van der Waals surface area (Å²) in [5, 5.41) is 13.9. The summed E-state index contributed by atoms with van der Waals surface area (Å²) in [7, 11) is 1.52. The first kappa shape index (κ1) is 12.4. The van der Waals surface area contributed by atoms with Gasteiger partial charge < -0.3 is 10.1 Å². The van der Waals surface area contributed by atoms with Crippen LogP contribution in [0.3, 0.4) is 0 Å². The Morgan fingerprint density at radius 2 is 2.12 bits per heavy atom. The van der Waals surface area contributed by atoms with E-state index >= 15 is 0 Å². The highest BCUT2D eigenvalue weighted by atomic mass is 17.0. The van der Waals surface area contributed by atoms with Crippen molar-refractivity contribution in [3.8, 4) is 5.75 Å². The molecule has 0 atom stereocenters. The summed E-state index contributed by atoms with van der Waals surface area (Å²) in [5.74, 6) is 0.00497. The second-order valence-corrected chi connectivity index (χ2v) is 2.76. The molecule has 8 heteroatoms. The maximum absolute atomic E-state index is 11.2. The molecule has 0 spiro atoms. The van der Waals surface area contributed by atoms with Gasteiger partial charge in [-0.1, -0.05) is 0 Å². The van der Waals surface area contributed by atoms with Crippen LogP contribution in [0.25, 0.3) is 0 Å². The van der Waals surface area contributed by atoms with E-state index in [1.807, 2.05) is 0 Å². The van der Waals surface area contributed by atoms with Crippen molar-refractivity contribution in [2.45, 2.75) is 0 Å². The predicted octanol–water partition coefficient (Wildman–Crippen LogP) is 0.828. The third-order valence-corrected chi connectivity index (χ3v) is 1.64. The Kier molecular flexibility index (Phi) is 4.43. The van der Waals surface area contributed by atoms with Gasteiger partial charge in [-0.25, -0.2) is 10.1 Å². The second kappa shape index (κ2) is 6.05. The molecule has 0 radical (unpaired) electrons. The number of oxime groups is 1. The van der Waals surface area contributed by atoms with Crippen molar-refractivity contribution < 1.29 is 19.6 Å². The smallest absolute Gasteiger partial charge is 0.295 e. The number of hydrogen-bond donors (Lipinski definition) is 1. The molecule has 17 heavy (non-hydrogen) atoms. The molecule has 0 saturated heterocycles. The largest absolute Gasteiger partial charge is 0.497 e. The molecule has 1 aromatic carbocycles. The number of nitrogens with one attached hydrogen (secondary N) is 1. The van der Waals surface area contributed by atoms with E-state index in [1.165, 1.54) is 7.11 Å². The van der Waals surface area contributed by atoms with Crippen LogP contribution in [0, 0.1) is 10.1 Å². The van der Waals surface area contributed by atoms with Gasteiger partial charge in [0.15, 0.2) is 5.09 Å². The number of hydrogen-bond acceptors (Lipinski definition) is 6. The summed E-state index contributed by atoms with van der Waals surface area (Å²) < 4.78 is 4.93. The summed E-state index contributed by atoms with van der Waals surface area (Å²) in [6.07, 6.45) is 0.660. The molecule has 1 N–H and O–H groups in total. The summed E-state index contributed by atoms with van der Waals surface area (Å²) in [4.78, 5) is 24.5. The number of rotatable bonds is 5. The van der Waals surface area contributed by atoms with Crippen LogP contribution in [0.5, 0.6) is 5.75 Å². The average molecular weight is 239 g/mol. The molecule has 1 amide bonds. The van der Waals surface area contributed by atoms with E-state index in [0.717, 1.165) is 0 Å². The summed E-state index contributed by atoms with van der Waals surface area (Å²) >= 11 is 0. The number of nitrogens with zero attached hydrogens (tertiary/aromatic N) is 2. The highest BCUT2D eigenvalue weighted by Gasteiger charge is 2.02. The van der Waals surface area contributed by atoms with Crippen LogP contribution in [0.1, 0.15) is 0 Å². The summed E-state index contributed by atoms with van der Waals surface area (Å²) in [5.41, 5.74) is 0.503. The lowest BCUT2D eigenvalue weighted by atomic mass is 10.3. The molecule has 0 fully saturated rings. The first-order valence-corrected chi connectivity index (χ1v) is 4.42. The minimum Gasteiger partial charge on any atom is -0.497 e. The molecule has 0 aliphatic carbocycles. The van der Waals surface area contributed by atoms with E-state index in [0.29, 0.717) is 17.7 Å². The van der Waals surface area contributed by atoms with Crippen molar-refractivity contribution in [2.75, 3.05) is 12.4 Å². The van der Waals surface area contributed by atoms with Gasteiger partial charge in [-0.2, -0.15) is 4.94 Å². The third-order valence-electron chi connectivity index (χ3n) is 1.64. The van der Waals surface area contributed by atoms with Crippen LogP contribution in [0.15, 0.2) is 29.4 Å². The van der Waals surface area contributed by atoms with Gasteiger partial charge in [0.2, 0.25) is 6.21 Å². The fourth-order valence-electron chi connectivity index (χ4n) is 0.959.